The molecule has 9 heteroatoms. The molecule has 2 aromatic rings. The summed E-state index contributed by atoms with van der Waals surface area (Å²) in [6.45, 7) is 1.30. The van der Waals surface area contributed by atoms with Gasteiger partial charge in [-0.2, -0.15) is 13.2 Å². The molecule has 0 aliphatic carbocycles. The third kappa shape index (κ3) is 6.90. The lowest BCUT2D eigenvalue weighted by Gasteiger charge is -2.33. The maximum absolute atomic E-state index is 12.7. The first kappa shape index (κ1) is 23.4. The number of hydrogen-bond acceptors (Lipinski definition) is 3. The van der Waals surface area contributed by atoms with E-state index in [1.807, 2.05) is 30.3 Å². The summed E-state index contributed by atoms with van der Waals surface area (Å²) < 4.78 is 41.5. The Hall–Kier alpha value is -3.23. The van der Waals surface area contributed by atoms with Crippen LogP contribution in [-0.4, -0.2) is 42.7 Å². The van der Waals surface area contributed by atoms with E-state index in [0.29, 0.717) is 19.5 Å². The molecule has 172 valence electrons. The fraction of sp³-hybridized carbons (Fsp3) is 0.391. The number of amides is 3. The maximum Gasteiger partial charge on any atom is 0.422 e. The smallest absolute Gasteiger partial charge is 0.422 e. The molecule has 6 nitrogen and oxygen atoms in total. The van der Waals surface area contributed by atoms with Gasteiger partial charge in [0.05, 0.1) is 12.0 Å². The highest BCUT2D eigenvalue weighted by Crippen LogP contribution is 2.22. The second-order valence-electron chi connectivity index (χ2n) is 7.78. The number of piperidine rings is 1. The molecule has 1 saturated heterocycles. The average molecular weight is 449 g/mol. The molecule has 3 amide bonds. The summed E-state index contributed by atoms with van der Waals surface area (Å²) in [6, 6.07) is 14.6. The van der Waals surface area contributed by atoms with Crippen LogP contribution in [0.4, 0.5) is 23.7 Å². The summed E-state index contributed by atoms with van der Waals surface area (Å²) in [6.07, 6.45) is -2.97. The molecular formula is C23H26F3N3O3. The van der Waals surface area contributed by atoms with Gasteiger partial charge in [-0.1, -0.05) is 30.3 Å². The summed E-state index contributed by atoms with van der Waals surface area (Å²) in [5.41, 5.74) is 1.45. The van der Waals surface area contributed by atoms with E-state index < -0.39 is 12.8 Å². The topological polar surface area (TPSA) is 70.7 Å². The summed E-state index contributed by atoms with van der Waals surface area (Å²) in [5, 5.41) is 5.77. The van der Waals surface area contributed by atoms with E-state index in [-0.39, 0.29) is 29.6 Å². The molecule has 0 radical (unpaired) electrons. The molecule has 2 unspecified atom stereocenters. The number of alkyl halides is 3. The highest BCUT2D eigenvalue weighted by molar-refractivity contribution is 5.93. The van der Waals surface area contributed by atoms with Crippen molar-refractivity contribution in [3.05, 3.63) is 60.2 Å². The normalized spacial score (nSPS) is 17.4. The molecule has 0 saturated carbocycles. The number of benzene rings is 2. The van der Waals surface area contributed by atoms with Crippen LogP contribution in [0.1, 0.15) is 31.4 Å². The molecule has 2 atom stereocenters. The first-order chi connectivity index (χ1) is 15.2. The van der Waals surface area contributed by atoms with Crippen molar-refractivity contribution in [3.63, 3.8) is 0 Å². The number of likely N-dealkylation sites (tertiary alicyclic amines) is 1. The lowest BCUT2D eigenvalue weighted by atomic mass is 9.97. The van der Waals surface area contributed by atoms with Crippen molar-refractivity contribution in [1.29, 1.82) is 0 Å². The van der Waals surface area contributed by atoms with Crippen LogP contribution in [0.15, 0.2) is 54.6 Å². The predicted molar refractivity (Wildman–Crippen MR) is 114 cm³/mol. The van der Waals surface area contributed by atoms with Crippen LogP contribution in [0.2, 0.25) is 0 Å². The lowest BCUT2D eigenvalue weighted by molar-refractivity contribution is -0.153. The van der Waals surface area contributed by atoms with Gasteiger partial charge in [0.25, 0.3) is 0 Å². The van der Waals surface area contributed by atoms with Gasteiger partial charge in [0.1, 0.15) is 5.75 Å². The zero-order valence-corrected chi connectivity index (χ0v) is 17.7. The Morgan fingerprint density at radius 1 is 1.12 bits per heavy atom. The van der Waals surface area contributed by atoms with Crippen molar-refractivity contribution in [2.45, 2.75) is 32.0 Å². The highest BCUT2D eigenvalue weighted by atomic mass is 19.4. The Labute approximate surface area is 184 Å². The van der Waals surface area contributed by atoms with Crippen molar-refractivity contribution in [3.8, 4) is 5.75 Å². The minimum absolute atomic E-state index is 0.105. The van der Waals surface area contributed by atoms with E-state index in [2.05, 4.69) is 10.6 Å². The molecule has 1 aliphatic heterocycles. The number of nitrogens with zero attached hydrogens (tertiary/aromatic N) is 1. The maximum atomic E-state index is 12.7. The Bertz CT molecular complexity index is 904. The number of ether oxygens (including phenoxy) is 1. The predicted octanol–water partition coefficient (Wildman–Crippen LogP) is 4.75. The largest absolute Gasteiger partial charge is 0.484 e. The number of halogens is 3. The van der Waals surface area contributed by atoms with Gasteiger partial charge in [0.15, 0.2) is 6.61 Å². The number of para-hydroxylation sites is 1. The van der Waals surface area contributed by atoms with E-state index in [0.717, 1.165) is 17.7 Å². The molecule has 3 rings (SSSR count). The zero-order chi connectivity index (χ0) is 23.1. The van der Waals surface area contributed by atoms with Gasteiger partial charge in [0, 0.05) is 18.8 Å². The molecular weight excluding hydrogens is 423 g/mol. The quantitative estimate of drug-likeness (QED) is 0.669. The molecule has 2 aromatic carbocycles. The summed E-state index contributed by atoms with van der Waals surface area (Å²) in [4.78, 5) is 26.9. The monoisotopic (exact) mass is 449 g/mol. The minimum atomic E-state index is -4.40. The van der Waals surface area contributed by atoms with E-state index in [1.165, 1.54) is 12.1 Å². The number of anilines is 1. The molecule has 0 spiro atoms. The van der Waals surface area contributed by atoms with Crippen LogP contribution < -0.4 is 15.4 Å². The van der Waals surface area contributed by atoms with Crippen LogP contribution in [0.5, 0.6) is 5.75 Å². The van der Waals surface area contributed by atoms with Gasteiger partial charge in [0.2, 0.25) is 5.91 Å². The standard InChI is InChI=1S/C23H26F3N3O3/c1-16(17-9-11-20(12-10-17)32-15-23(24,25)26)27-22(31)29-13-5-6-18(14-29)21(30)28-19-7-3-2-4-8-19/h2-4,7-12,16,18H,5-6,13-15H2,1H3,(H,27,31)(H,28,30). The third-order valence-corrected chi connectivity index (χ3v) is 5.24. The number of nitrogens with one attached hydrogen (secondary N) is 2. The SMILES string of the molecule is CC(NC(=O)N1CCCC(C(=O)Nc2ccccc2)C1)c1ccc(OCC(F)(F)F)cc1. The number of carbonyl (C=O) groups excluding carboxylic acids is 2. The van der Waals surface area contributed by atoms with Crippen LogP contribution in [-0.2, 0) is 4.79 Å². The van der Waals surface area contributed by atoms with Gasteiger partial charge in [-0.05, 0) is 49.6 Å². The highest BCUT2D eigenvalue weighted by Gasteiger charge is 2.30. The molecule has 32 heavy (non-hydrogen) atoms. The first-order valence-corrected chi connectivity index (χ1v) is 10.4. The van der Waals surface area contributed by atoms with Gasteiger partial charge in [-0.3, -0.25) is 4.79 Å². The number of rotatable bonds is 6. The second-order valence-corrected chi connectivity index (χ2v) is 7.78. The van der Waals surface area contributed by atoms with Crippen LogP contribution >= 0.6 is 0 Å². The zero-order valence-electron chi connectivity index (χ0n) is 17.7. The van der Waals surface area contributed by atoms with Crippen molar-refractivity contribution < 1.29 is 27.5 Å². The molecule has 0 bridgehead atoms. The third-order valence-electron chi connectivity index (χ3n) is 5.24. The van der Waals surface area contributed by atoms with Crippen LogP contribution in [0.25, 0.3) is 0 Å². The molecule has 0 aromatic heterocycles. The van der Waals surface area contributed by atoms with Gasteiger partial charge in [-0.15, -0.1) is 0 Å². The second kappa shape index (κ2) is 10.4. The van der Waals surface area contributed by atoms with Gasteiger partial charge < -0.3 is 20.3 Å². The molecule has 1 aliphatic rings. The summed E-state index contributed by atoms with van der Waals surface area (Å²) >= 11 is 0. The summed E-state index contributed by atoms with van der Waals surface area (Å²) in [7, 11) is 0. The minimum Gasteiger partial charge on any atom is -0.484 e. The first-order valence-electron chi connectivity index (χ1n) is 10.4. The van der Waals surface area contributed by atoms with E-state index in [4.69, 9.17) is 4.74 Å². The van der Waals surface area contributed by atoms with Crippen LogP contribution in [0, 0.1) is 5.92 Å². The average Bonchev–Trinajstić information content (AvgIpc) is 2.78. The fourth-order valence-corrected chi connectivity index (χ4v) is 3.52. The van der Waals surface area contributed by atoms with E-state index in [9.17, 15) is 22.8 Å². The Kier molecular flexibility index (Phi) is 7.61. The van der Waals surface area contributed by atoms with Crippen molar-refractivity contribution in [1.82, 2.24) is 10.2 Å². The molecule has 2 N–H and O–H groups in total. The van der Waals surface area contributed by atoms with E-state index in [1.54, 1.807) is 24.0 Å². The fourth-order valence-electron chi connectivity index (χ4n) is 3.52. The number of urea groups is 1. The van der Waals surface area contributed by atoms with Crippen molar-refractivity contribution >= 4 is 17.6 Å². The van der Waals surface area contributed by atoms with Crippen molar-refractivity contribution in [2.24, 2.45) is 5.92 Å². The molecule has 1 heterocycles. The van der Waals surface area contributed by atoms with E-state index >= 15 is 0 Å². The van der Waals surface area contributed by atoms with Gasteiger partial charge in [-0.25, -0.2) is 4.79 Å². The number of hydrogen-bond donors (Lipinski definition) is 2. The summed E-state index contributed by atoms with van der Waals surface area (Å²) in [5.74, 6) is -0.306. The Morgan fingerprint density at radius 2 is 1.81 bits per heavy atom. The van der Waals surface area contributed by atoms with Crippen molar-refractivity contribution in [2.75, 3.05) is 25.0 Å². The van der Waals surface area contributed by atoms with Gasteiger partial charge >= 0.3 is 12.2 Å². The Balaban J connectivity index is 1.51. The van der Waals surface area contributed by atoms with Crippen LogP contribution in [0.3, 0.4) is 0 Å². The Morgan fingerprint density at radius 3 is 2.47 bits per heavy atom. The number of carbonyl (C=O) groups is 2. The molecule has 1 fully saturated rings. The lowest BCUT2D eigenvalue weighted by Crippen LogP contribution is -2.48.